The van der Waals surface area contributed by atoms with Crippen LogP contribution in [0.15, 0.2) is 53.7 Å². The minimum atomic E-state index is -1.50. The van der Waals surface area contributed by atoms with Gasteiger partial charge in [-0.3, -0.25) is 9.19 Å². The zero-order valence-electron chi connectivity index (χ0n) is 20.5. The van der Waals surface area contributed by atoms with Gasteiger partial charge in [0.1, 0.15) is 11.6 Å². The number of carbonyl (C=O) groups excluding carboxylic acids is 1. The maximum absolute atomic E-state index is 13.2. The second kappa shape index (κ2) is 10.8. The molecule has 36 heavy (non-hydrogen) atoms. The summed E-state index contributed by atoms with van der Waals surface area (Å²) in [5.41, 5.74) is 1.49. The van der Waals surface area contributed by atoms with Crippen LogP contribution in [0.1, 0.15) is 34.4 Å². The van der Waals surface area contributed by atoms with E-state index < -0.39 is 16.8 Å². The van der Waals surface area contributed by atoms with Gasteiger partial charge in [-0.25, -0.2) is 9.78 Å². The molecule has 0 aliphatic carbocycles. The third-order valence-corrected chi connectivity index (χ3v) is 7.11. The van der Waals surface area contributed by atoms with Crippen molar-refractivity contribution in [1.29, 1.82) is 0 Å². The summed E-state index contributed by atoms with van der Waals surface area (Å²) in [5, 5.41) is 11.6. The molecule has 0 saturated carbocycles. The number of hydrogen-bond donors (Lipinski definition) is 1. The third-order valence-electron chi connectivity index (χ3n) is 5.78. The standard InChI is InChI=1S/C26H27N3O6S/c1-5-35-26(31)20-12-17-13-23(34-4)25(30)21(14-29-11-10-27-16(29)2)24(17)28-22(20)15-36(32)19-8-6-18(33-3)7-9-19/h6-13,30H,5,14-15H2,1-4H3. The number of phenols is 1. The lowest BCUT2D eigenvalue weighted by molar-refractivity contribution is 0.0525. The summed E-state index contributed by atoms with van der Waals surface area (Å²) in [6, 6.07) is 10.1. The SMILES string of the molecule is CCOC(=O)c1cc2cc(OC)c(O)c(Cn3ccnc3C)c2nc1CS(=O)c1ccc(OC)cc1. The highest BCUT2D eigenvalue weighted by molar-refractivity contribution is 7.84. The van der Waals surface area contributed by atoms with Gasteiger partial charge in [-0.2, -0.15) is 0 Å². The highest BCUT2D eigenvalue weighted by Gasteiger charge is 2.23. The minimum absolute atomic E-state index is 0.0211. The number of ether oxygens (including phenoxy) is 3. The van der Waals surface area contributed by atoms with E-state index in [1.807, 2.05) is 11.5 Å². The lowest BCUT2D eigenvalue weighted by atomic mass is 10.0. The van der Waals surface area contributed by atoms with Crippen LogP contribution < -0.4 is 9.47 Å². The number of fused-ring (bicyclic) bond motifs is 1. The molecule has 2 heterocycles. The van der Waals surface area contributed by atoms with Crippen molar-refractivity contribution in [1.82, 2.24) is 14.5 Å². The van der Waals surface area contributed by atoms with Gasteiger partial charge in [0, 0.05) is 28.2 Å². The van der Waals surface area contributed by atoms with Crippen LogP contribution in [0.4, 0.5) is 0 Å². The van der Waals surface area contributed by atoms with Gasteiger partial charge in [-0.05, 0) is 50.2 Å². The van der Waals surface area contributed by atoms with E-state index in [0.717, 1.165) is 5.82 Å². The first kappa shape index (κ1) is 25.2. The largest absolute Gasteiger partial charge is 0.504 e. The predicted molar refractivity (Wildman–Crippen MR) is 135 cm³/mol. The van der Waals surface area contributed by atoms with Crippen molar-refractivity contribution in [3.63, 3.8) is 0 Å². The van der Waals surface area contributed by atoms with Crippen molar-refractivity contribution < 1.29 is 28.3 Å². The lowest BCUT2D eigenvalue weighted by Gasteiger charge is -2.16. The average Bonchev–Trinajstić information content (AvgIpc) is 3.29. The van der Waals surface area contributed by atoms with Gasteiger partial charge in [0.05, 0.1) is 60.7 Å². The van der Waals surface area contributed by atoms with Gasteiger partial charge in [0.15, 0.2) is 11.5 Å². The van der Waals surface area contributed by atoms with Crippen LogP contribution in [0, 0.1) is 6.92 Å². The number of imidazole rings is 1. The number of aryl methyl sites for hydroxylation is 1. The van der Waals surface area contributed by atoms with Crippen LogP contribution in [0.25, 0.3) is 10.9 Å². The molecule has 1 unspecified atom stereocenters. The maximum atomic E-state index is 13.2. The van der Waals surface area contributed by atoms with E-state index in [2.05, 4.69) is 4.98 Å². The van der Waals surface area contributed by atoms with Gasteiger partial charge < -0.3 is 23.9 Å². The Morgan fingerprint density at radius 1 is 1.14 bits per heavy atom. The van der Waals surface area contributed by atoms with E-state index in [9.17, 15) is 14.1 Å². The Bertz CT molecular complexity index is 1430. The van der Waals surface area contributed by atoms with E-state index >= 15 is 0 Å². The molecule has 0 amide bonds. The molecule has 2 aromatic carbocycles. The molecule has 4 aromatic rings. The second-order valence-electron chi connectivity index (χ2n) is 7.95. The topological polar surface area (TPSA) is 113 Å². The molecular formula is C26H27N3O6S. The molecule has 0 aliphatic heterocycles. The molecule has 1 atom stereocenters. The summed E-state index contributed by atoms with van der Waals surface area (Å²) >= 11 is 0. The number of pyridine rings is 1. The van der Waals surface area contributed by atoms with Crippen LogP contribution in [0.5, 0.6) is 17.2 Å². The van der Waals surface area contributed by atoms with Crippen molar-refractivity contribution in [2.24, 2.45) is 0 Å². The van der Waals surface area contributed by atoms with Crippen LogP contribution in [0.2, 0.25) is 0 Å². The fourth-order valence-corrected chi connectivity index (χ4v) is 4.94. The molecule has 0 spiro atoms. The Morgan fingerprint density at radius 2 is 1.89 bits per heavy atom. The van der Waals surface area contributed by atoms with Crippen LogP contribution >= 0.6 is 0 Å². The van der Waals surface area contributed by atoms with E-state index in [-0.39, 0.29) is 36.0 Å². The number of phenolic OH excluding ortho intramolecular Hbond substituents is 1. The van der Waals surface area contributed by atoms with Gasteiger partial charge >= 0.3 is 5.97 Å². The zero-order chi connectivity index (χ0) is 25.8. The lowest BCUT2D eigenvalue weighted by Crippen LogP contribution is -2.13. The summed E-state index contributed by atoms with van der Waals surface area (Å²) < 4.78 is 30.9. The molecule has 2 aromatic heterocycles. The third kappa shape index (κ3) is 5.03. The Morgan fingerprint density at radius 3 is 2.50 bits per heavy atom. The predicted octanol–water partition coefficient (Wildman–Crippen LogP) is 4.00. The number of carbonyl (C=O) groups is 1. The van der Waals surface area contributed by atoms with E-state index in [4.69, 9.17) is 19.2 Å². The number of aromatic nitrogens is 3. The number of benzene rings is 2. The first-order valence-electron chi connectivity index (χ1n) is 11.3. The smallest absolute Gasteiger partial charge is 0.340 e. The first-order valence-corrected chi connectivity index (χ1v) is 12.6. The summed E-state index contributed by atoms with van der Waals surface area (Å²) in [6.07, 6.45) is 3.47. The van der Waals surface area contributed by atoms with Gasteiger partial charge in [-0.1, -0.05) is 0 Å². The number of methoxy groups -OCH3 is 2. The van der Waals surface area contributed by atoms with Crippen molar-refractivity contribution in [2.75, 3.05) is 20.8 Å². The summed E-state index contributed by atoms with van der Waals surface area (Å²) in [5.74, 6) is 1.02. The normalized spacial score (nSPS) is 11.9. The molecule has 10 heteroatoms. The molecular weight excluding hydrogens is 482 g/mol. The highest BCUT2D eigenvalue weighted by Crippen LogP contribution is 2.37. The second-order valence-corrected chi connectivity index (χ2v) is 9.40. The van der Waals surface area contributed by atoms with Gasteiger partial charge in [0.2, 0.25) is 0 Å². The van der Waals surface area contributed by atoms with E-state index in [1.54, 1.807) is 62.8 Å². The van der Waals surface area contributed by atoms with Crippen molar-refractivity contribution in [3.8, 4) is 17.2 Å². The molecule has 0 bridgehead atoms. The number of aromatic hydroxyl groups is 1. The number of hydrogen-bond acceptors (Lipinski definition) is 8. The molecule has 0 aliphatic rings. The number of nitrogens with zero attached hydrogens (tertiary/aromatic N) is 3. The minimum Gasteiger partial charge on any atom is -0.504 e. The van der Waals surface area contributed by atoms with Crippen LogP contribution in [-0.2, 0) is 27.8 Å². The Labute approximate surface area is 211 Å². The average molecular weight is 510 g/mol. The van der Waals surface area contributed by atoms with Crippen molar-refractivity contribution >= 4 is 27.7 Å². The fourth-order valence-electron chi connectivity index (χ4n) is 3.87. The number of esters is 1. The number of rotatable bonds is 9. The molecule has 0 saturated heterocycles. The summed E-state index contributed by atoms with van der Waals surface area (Å²) in [6.45, 7) is 4.03. The summed E-state index contributed by atoms with van der Waals surface area (Å²) in [7, 11) is 1.52. The molecule has 0 radical (unpaired) electrons. The van der Waals surface area contributed by atoms with Crippen molar-refractivity contribution in [2.45, 2.75) is 31.0 Å². The Balaban J connectivity index is 1.86. The fraction of sp³-hybridized carbons (Fsp3) is 0.269. The monoisotopic (exact) mass is 509 g/mol. The Hall–Kier alpha value is -3.92. The van der Waals surface area contributed by atoms with Gasteiger partial charge in [0.25, 0.3) is 0 Å². The van der Waals surface area contributed by atoms with E-state index in [0.29, 0.717) is 32.8 Å². The van der Waals surface area contributed by atoms with Gasteiger partial charge in [-0.15, -0.1) is 0 Å². The summed E-state index contributed by atoms with van der Waals surface area (Å²) in [4.78, 5) is 22.4. The highest BCUT2D eigenvalue weighted by atomic mass is 32.2. The van der Waals surface area contributed by atoms with E-state index in [1.165, 1.54) is 7.11 Å². The quantitative estimate of drug-likeness (QED) is 0.337. The van der Waals surface area contributed by atoms with Crippen molar-refractivity contribution in [3.05, 3.63) is 71.4 Å². The maximum Gasteiger partial charge on any atom is 0.340 e. The molecule has 188 valence electrons. The molecule has 4 rings (SSSR count). The zero-order valence-corrected chi connectivity index (χ0v) is 21.3. The molecule has 1 N–H and O–H groups in total. The molecule has 9 nitrogen and oxygen atoms in total. The first-order chi connectivity index (χ1) is 17.4. The molecule has 0 fully saturated rings. The van der Waals surface area contributed by atoms with Crippen LogP contribution in [-0.4, -0.2) is 50.6 Å². The Kier molecular flexibility index (Phi) is 7.54. The van der Waals surface area contributed by atoms with Crippen LogP contribution in [0.3, 0.4) is 0 Å².